The standard InChI is InChI=1S/C13H20N2O3/c1-14(2)7-8-18-12-6-5-10(13(16)17)9-11(12)15(3)4/h5-6,9H,7-8H2,1-4H3,(H,16,17). The molecule has 0 amide bonds. The summed E-state index contributed by atoms with van der Waals surface area (Å²) in [7, 11) is 7.67. The highest BCUT2D eigenvalue weighted by molar-refractivity contribution is 5.89. The molecule has 0 saturated heterocycles. The summed E-state index contributed by atoms with van der Waals surface area (Å²) in [6.07, 6.45) is 0. The van der Waals surface area contributed by atoms with Crippen LogP contribution in [0.2, 0.25) is 0 Å². The van der Waals surface area contributed by atoms with Crippen LogP contribution in [-0.2, 0) is 0 Å². The molecule has 0 aliphatic rings. The maximum Gasteiger partial charge on any atom is 0.335 e. The number of ether oxygens (including phenoxy) is 1. The van der Waals surface area contributed by atoms with E-state index in [9.17, 15) is 4.79 Å². The average molecular weight is 252 g/mol. The smallest absolute Gasteiger partial charge is 0.335 e. The highest BCUT2D eigenvalue weighted by Crippen LogP contribution is 2.28. The first-order chi connectivity index (χ1) is 8.41. The minimum Gasteiger partial charge on any atom is -0.490 e. The van der Waals surface area contributed by atoms with E-state index in [0.29, 0.717) is 12.4 Å². The van der Waals surface area contributed by atoms with Gasteiger partial charge in [0.15, 0.2) is 0 Å². The second-order valence-electron chi connectivity index (χ2n) is 4.53. The van der Waals surface area contributed by atoms with Crippen LogP contribution in [0.5, 0.6) is 5.75 Å². The lowest BCUT2D eigenvalue weighted by Crippen LogP contribution is -2.20. The Labute approximate surface area is 108 Å². The van der Waals surface area contributed by atoms with E-state index in [1.165, 1.54) is 0 Å². The Morgan fingerprint density at radius 1 is 1.28 bits per heavy atom. The minimum atomic E-state index is -0.932. The molecule has 18 heavy (non-hydrogen) atoms. The third kappa shape index (κ3) is 3.92. The highest BCUT2D eigenvalue weighted by atomic mass is 16.5. The van der Waals surface area contributed by atoms with E-state index in [1.54, 1.807) is 18.2 Å². The van der Waals surface area contributed by atoms with Crippen molar-refractivity contribution >= 4 is 11.7 Å². The van der Waals surface area contributed by atoms with Crippen LogP contribution < -0.4 is 9.64 Å². The van der Waals surface area contributed by atoms with Crippen molar-refractivity contribution in [1.29, 1.82) is 0 Å². The average Bonchev–Trinajstić information content (AvgIpc) is 2.28. The first-order valence-corrected chi connectivity index (χ1v) is 5.74. The van der Waals surface area contributed by atoms with Gasteiger partial charge in [0.25, 0.3) is 0 Å². The Kier molecular flexibility index (Phi) is 4.97. The van der Waals surface area contributed by atoms with Crippen LogP contribution in [0.4, 0.5) is 5.69 Å². The van der Waals surface area contributed by atoms with Crippen LogP contribution in [-0.4, -0.2) is 57.3 Å². The zero-order chi connectivity index (χ0) is 13.7. The number of carboxylic acids is 1. The van der Waals surface area contributed by atoms with Crippen molar-refractivity contribution in [2.75, 3.05) is 46.2 Å². The molecular formula is C13H20N2O3. The molecular weight excluding hydrogens is 232 g/mol. The van der Waals surface area contributed by atoms with Gasteiger partial charge in [-0.2, -0.15) is 0 Å². The third-order valence-corrected chi connectivity index (χ3v) is 2.48. The van der Waals surface area contributed by atoms with Gasteiger partial charge in [0.05, 0.1) is 11.3 Å². The van der Waals surface area contributed by atoms with Gasteiger partial charge in [-0.25, -0.2) is 4.79 Å². The van der Waals surface area contributed by atoms with Crippen molar-refractivity contribution in [2.24, 2.45) is 0 Å². The quantitative estimate of drug-likeness (QED) is 0.829. The van der Waals surface area contributed by atoms with Crippen LogP contribution in [0.15, 0.2) is 18.2 Å². The van der Waals surface area contributed by atoms with E-state index < -0.39 is 5.97 Å². The number of hydrogen-bond acceptors (Lipinski definition) is 4. The topological polar surface area (TPSA) is 53.0 Å². The first kappa shape index (κ1) is 14.3. The van der Waals surface area contributed by atoms with E-state index >= 15 is 0 Å². The van der Waals surface area contributed by atoms with Gasteiger partial charge in [-0.1, -0.05) is 0 Å². The van der Waals surface area contributed by atoms with E-state index in [4.69, 9.17) is 9.84 Å². The monoisotopic (exact) mass is 252 g/mol. The van der Waals surface area contributed by atoms with Crippen molar-refractivity contribution in [3.8, 4) is 5.75 Å². The summed E-state index contributed by atoms with van der Waals surface area (Å²) in [6.45, 7) is 1.38. The number of carbonyl (C=O) groups is 1. The fourth-order valence-electron chi connectivity index (χ4n) is 1.46. The largest absolute Gasteiger partial charge is 0.490 e. The molecule has 1 rings (SSSR count). The summed E-state index contributed by atoms with van der Waals surface area (Å²) in [5.41, 5.74) is 1.03. The van der Waals surface area contributed by atoms with Gasteiger partial charge in [0, 0.05) is 20.6 Å². The zero-order valence-corrected chi connectivity index (χ0v) is 11.3. The molecule has 1 aromatic rings. The molecule has 0 fully saturated rings. The summed E-state index contributed by atoms with van der Waals surface area (Å²) < 4.78 is 5.67. The van der Waals surface area contributed by atoms with E-state index in [1.807, 2.05) is 38.0 Å². The third-order valence-electron chi connectivity index (χ3n) is 2.48. The Hall–Kier alpha value is -1.75. The van der Waals surface area contributed by atoms with Crippen LogP contribution in [0, 0.1) is 0 Å². The van der Waals surface area contributed by atoms with Gasteiger partial charge in [0.1, 0.15) is 12.4 Å². The van der Waals surface area contributed by atoms with Crippen molar-refractivity contribution in [2.45, 2.75) is 0 Å². The van der Waals surface area contributed by atoms with Crippen molar-refractivity contribution in [1.82, 2.24) is 4.90 Å². The summed E-state index contributed by atoms with van der Waals surface area (Å²) in [4.78, 5) is 14.8. The maximum atomic E-state index is 10.9. The molecule has 1 aromatic carbocycles. The lowest BCUT2D eigenvalue weighted by atomic mass is 10.2. The summed E-state index contributed by atoms with van der Waals surface area (Å²) in [6, 6.07) is 4.88. The molecule has 0 atom stereocenters. The number of hydrogen-bond donors (Lipinski definition) is 1. The second-order valence-corrected chi connectivity index (χ2v) is 4.53. The molecule has 0 aromatic heterocycles. The van der Waals surface area contributed by atoms with Crippen molar-refractivity contribution < 1.29 is 14.6 Å². The lowest BCUT2D eigenvalue weighted by Gasteiger charge is -2.19. The molecule has 0 aliphatic heterocycles. The van der Waals surface area contributed by atoms with Gasteiger partial charge >= 0.3 is 5.97 Å². The number of benzene rings is 1. The SMILES string of the molecule is CN(C)CCOc1ccc(C(=O)O)cc1N(C)C. The second kappa shape index (κ2) is 6.26. The summed E-state index contributed by atoms with van der Waals surface area (Å²) in [5, 5.41) is 8.96. The number of likely N-dealkylation sites (N-methyl/N-ethyl adjacent to an activating group) is 1. The Bertz CT molecular complexity index is 417. The molecule has 5 nitrogen and oxygen atoms in total. The minimum absolute atomic E-state index is 0.263. The van der Waals surface area contributed by atoms with Gasteiger partial charge < -0.3 is 19.6 Å². The van der Waals surface area contributed by atoms with Crippen LogP contribution >= 0.6 is 0 Å². The number of carboxylic acid groups (broad SMARTS) is 1. The Balaban J connectivity index is 2.86. The molecule has 5 heteroatoms. The predicted octanol–water partition coefficient (Wildman–Crippen LogP) is 1.39. The number of rotatable bonds is 6. The molecule has 0 saturated carbocycles. The van der Waals surface area contributed by atoms with Crippen LogP contribution in [0.1, 0.15) is 10.4 Å². The lowest BCUT2D eigenvalue weighted by molar-refractivity contribution is 0.0697. The predicted molar refractivity (Wildman–Crippen MR) is 71.8 cm³/mol. The highest BCUT2D eigenvalue weighted by Gasteiger charge is 2.11. The molecule has 0 radical (unpaired) electrons. The van der Waals surface area contributed by atoms with Gasteiger partial charge in [-0.05, 0) is 32.3 Å². The molecule has 0 unspecified atom stereocenters. The number of aromatic carboxylic acids is 1. The Morgan fingerprint density at radius 3 is 2.44 bits per heavy atom. The molecule has 0 bridgehead atoms. The number of anilines is 1. The van der Waals surface area contributed by atoms with Gasteiger partial charge in [-0.15, -0.1) is 0 Å². The van der Waals surface area contributed by atoms with Crippen molar-refractivity contribution in [3.05, 3.63) is 23.8 Å². The van der Waals surface area contributed by atoms with E-state index in [2.05, 4.69) is 0 Å². The fraction of sp³-hybridized carbons (Fsp3) is 0.462. The zero-order valence-electron chi connectivity index (χ0n) is 11.3. The van der Waals surface area contributed by atoms with E-state index in [0.717, 1.165) is 12.2 Å². The molecule has 0 aliphatic carbocycles. The first-order valence-electron chi connectivity index (χ1n) is 5.74. The van der Waals surface area contributed by atoms with E-state index in [-0.39, 0.29) is 5.56 Å². The normalized spacial score (nSPS) is 10.5. The molecule has 1 N–H and O–H groups in total. The van der Waals surface area contributed by atoms with Gasteiger partial charge in [-0.3, -0.25) is 0 Å². The Morgan fingerprint density at radius 2 is 1.94 bits per heavy atom. The van der Waals surface area contributed by atoms with Crippen LogP contribution in [0.3, 0.4) is 0 Å². The number of nitrogens with zero attached hydrogens (tertiary/aromatic N) is 2. The molecule has 0 heterocycles. The maximum absolute atomic E-state index is 10.9. The molecule has 100 valence electrons. The van der Waals surface area contributed by atoms with Gasteiger partial charge in [0.2, 0.25) is 0 Å². The van der Waals surface area contributed by atoms with Crippen molar-refractivity contribution in [3.63, 3.8) is 0 Å². The summed E-state index contributed by atoms with van der Waals surface area (Å²) >= 11 is 0. The molecule has 0 spiro atoms. The van der Waals surface area contributed by atoms with Crippen LogP contribution in [0.25, 0.3) is 0 Å². The fourth-order valence-corrected chi connectivity index (χ4v) is 1.46. The summed E-state index contributed by atoms with van der Waals surface area (Å²) in [5.74, 6) is -0.232.